The lowest BCUT2D eigenvalue weighted by atomic mass is 9.96. The molecule has 0 fully saturated rings. The van der Waals surface area contributed by atoms with Crippen LogP contribution in [0.5, 0.6) is 0 Å². The summed E-state index contributed by atoms with van der Waals surface area (Å²) < 4.78 is 22.4. The third-order valence-electron chi connectivity index (χ3n) is 2.36. The van der Waals surface area contributed by atoms with Gasteiger partial charge in [0.05, 0.1) is 10.5 Å². The number of nitrogens with two attached hydrogens (primary N) is 1. The quantitative estimate of drug-likeness (QED) is 0.776. The van der Waals surface area contributed by atoms with Crippen molar-refractivity contribution in [1.82, 2.24) is 0 Å². The smallest absolute Gasteiger partial charge is 0.337 e. The van der Waals surface area contributed by atoms with Crippen LogP contribution in [-0.2, 0) is 10.0 Å². The van der Waals surface area contributed by atoms with Gasteiger partial charge in [0.1, 0.15) is 0 Å². The fourth-order valence-corrected chi connectivity index (χ4v) is 1.93. The lowest BCUT2D eigenvalue weighted by molar-refractivity contribution is 0.0697. The Morgan fingerprint density at radius 1 is 1.37 bits per heavy atom. The van der Waals surface area contributed by atoms with E-state index in [-0.39, 0.29) is 15.9 Å². The lowest BCUT2D eigenvalue weighted by Gasteiger charge is -2.20. The van der Waals surface area contributed by atoms with Gasteiger partial charge < -0.3 is 10.4 Å². The van der Waals surface area contributed by atoms with E-state index in [0.717, 1.165) is 6.07 Å². The van der Waals surface area contributed by atoms with Crippen molar-refractivity contribution in [3.8, 4) is 0 Å². The number of primary sulfonamides is 1. The van der Waals surface area contributed by atoms with Gasteiger partial charge >= 0.3 is 5.97 Å². The van der Waals surface area contributed by atoms with Crippen LogP contribution in [0.1, 0.15) is 31.1 Å². The molecule has 4 N–H and O–H groups in total. The van der Waals surface area contributed by atoms with Crippen LogP contribution >= 0.6 is 0 Å². The number of nitrogens with one attached hydrogen (secondary N) is 1. The first-order valence-corrected chi connectivity index (χ1v) is 7.19. The maximum Gasteiger partial charge on any atom is 0.337 e. The summed E-state index contributed by atoms with van der Waals surface area (Å²) in [6, 6.07) is 3.75. The van der Waals surface area contributed by atoms with E-state index in [1.165, 1.54) is 12.1 Å². The van der Waals surface area contributed by atoms with Crippen LogP contribution < -0.4 is 10.5 Å². The van der Waals surface area contributed by atoms with Crippen LogP contribution in [0.15, 0.2) is 23.1 Å². The SMILES string of the molecule is CC(C)(C)CNc1ccc(S(N)(=O)=O)cc1C(=O)O. The number of aromatic carboxylic acids is 1. The molecule has 7 heteroatoms. The molecule has 1 rings (SSSR count). The van der Waals surface area contributed by atoms with E-state index >= 15 is 0 Å². The molecule has 0 bridgehead atoms. The Hall–Kier alpha value is -1.60. The molecule has 0 heterocycles. The molecular formula is C12H18N2O4S. The van der Waals surface area contributed by atoms with Gasteiger partial charge in [0.25, 0.3) is 0 Å². The highest BCUT2D eigenvalue weighted by Gasteiger charge is 2.17. The largest absolute Gasteiger partial charge is 0.478 e. The van der Waals surface area contributed by atoms with Gasteiger partial charge in [0.15, 0.2) is 0 Å². The predicted octanol–water partition coefficient (Wildman–Crippen LogP) is 1.49. The van der Waals surface area contributed by atoms with E-state index < -0.39 is 16.0 Å². The van der Waals surface area contributed by atoms with Crippen molar-refractivity contribution in [2.24, 2.45) is 10.6 Å². The number of anilines is 1. The molecule has 0 atom stereocenters. The van der Waals surface area contributed by atoms with Crippen molar-refractivity contribution in [1.29, 1.82) is 0 Å². The molecule has 0 aromatic heterocycles. The molecule has 0 amide bonds. The summed E-state index contributed by atoms with van der Waals surface area (Å²) in [6.07, 6.45) is 0. The summed E-state index contributed by atoms with van der Waals surface area (Å²) in [7, 11) is -3.91. The highest BCUT2D eigenvalue weighted by molar-refractivity contribution is 7.89. The molecule has 1 aromatic carbocycles. The average molecular weight is 286 g/mol. The van der Waals surface area contributed by atoms with Crippen molar-refractivity contribution >= 4 is 21.7 Å². The number of hydrogen-bond donors (Lipinski definition) is 3. The molecular weight excluding hydrogens is 268 g/mol. The summed E-state index contributed by atoms with van der Waals surface area (Å²) in [4.78, 5) is 10.9. The van der Waals surface area contributed by atoms with Crippen molar-refractivity contribution in [2.75, 3.05) is 11.9 Å². The van der Waals surface area contributed by atoms with Crippen LogP contribution in [0, 0.1) is 5.41 Å². The zero-order valence-electron chi connectivity index (χ0n) is 11.1. The molecule has 0 spiro atoms. The molecule has 0 aliphatic carbocycles. The number of sulfonamides is 1. The average Bonchev–Trinajstić information content (AvgIpc) is 2.23. The number of hydrogen-bond acceptors (Lipinski definition) is 4. The van der Waals surface area contributed by atoms with Crippen LogP contribution in [0.3, 0.4) is 0 Å². The van der Waals surface area contributed by atoms with E-state index in [1.54, 1.807) is 0 Å². The number of carboxylic acids is 1. The van der Waals surface area contributed by atoms with Gasteiger partial charge in [0.2, 0.25) is 10.0 Å². The molecule has 1 aromatic rings. The van der Waals surface area contributed by atoms with E-state index in [4.69, 9.17) is 10.2 Å². The first-order valence-electron chi connectivity index (χ1n) is 5.65. The Kier molecular flexibility index (Phi) is 4.21. The Morgan fingerprint density at radius 3 is 2.37 bits per heavy atom. The van der Waals surface area contributed by atoms with Gasteiger partial charge in [-0.15, -0.1) is 0 Å². The summed E-state index contributed by atoms with van der Waals surface area (Å²) >= 11 is 0. The van der Waals surface area contributed by atoms with Crippen LogP contribution in [0.2, 0.25) is 0 Å². The summed E-state index contributed by atoms with van der Waals surface area (Å²) in [5.74, 6) is -1.21. The zero-order valence-corrected chi connectivity index (χ0v) is 11.9. The Morgan fingerprint density at radius 2 is 1.95 bits per heavy atom. The highest BCUT2D eigenvalue weighted by atomic mass is 32.2. The minimum atomic E-state index is -3.91. The van der Waals surface area contributed by atoms with E-state index in [2.05, 4.69) is 5.32 Å². The second-order valence-electron chi connectivity index (χ2n) is 5.47. The van der Waals surface area contributed by atoms with Crippen molar-refractivity contribution in [3.05, 3.63) is 23.8 Å². The van der Waals surface area contributed by atoms with Crippen LogP contribution in [-0.4, -0.2) is 26.0 Å². The monoisotopic (exact) mass is 286 g/mol. The van der Waals surface area contributed by atoms with Crippen LogP contribution in [0.4, 0.5) is 5.69 Å². The summed E-state index contributed by atoms with van der Waals surface area (Å²) in [5, 5.41) is 17.1. The molecule has 19 heavy (non-hydrogen) atoms. The van der Waals surface area contributed by atoms with Gasteiger partial charge in [-0.3, -0.25) is 0 Å². The molecule has 0 saturated heterocycles. The Balaban J connectivity index is 3.16. The van der Waals surface area contributed by atoms with E-state index in [1.807, 2.05) is 20.8 Å². The topological polar surface area (TPSA) is 109 Å². The van der Waals surface area contributed by atoms with Crippen molar-refractivity contribution in [3.63, 3.8) is 0 Å². The Labute approximate surface area is 112 Å². The van der Waals surface area contributed by atoms with Gasteiger partial charge in [0, 0.05) is 12.2 Å². The van der Waals surface area contributed by atoms with Gasteiger partial charge in [-0.2, -0.15) is 0 Å². The fourth-order valence-electron chi connectivity index (χ4n) is 1.39. The molecule has 0 aliphatic rings. The molecule has 0 saturated carbocycles. The summed E-state index contributed by atoms with van der Waals surface area (Å²) in [6.45, 7) is 6.56. The third-order valence-corrected chi connectivity index (χ3v) is 3.27. The minimum Gasteiger partial charge on any atom is -0.478 e. The van der Waals surface area contributed by atoms with Crippen molar-refractivity contribution in [2.45, 2.75) is 25.7 Å². The van der Waals surface area contributed by atoms with Crippen LogP contribution in [0.25, 0.3) is 0 Å². The first-order chi connectivity index (χ1) is 8.50. The summed E-state index contributed by atoms with van der Waals surface area (Å²) in [5.41, 5.74) is 0.222. The second-order valence-corrected chi connectivity index (χ2v) is 7.03. The molecule has 6 nitrogen and oxygen atoms in total. The van der Waals surface area contributed by atoms with Gasteiger partial charge in [-0.25, -0.2) is 18.4 Å². The number of rotatable bonds is 4. The second kappa shape index (κ2) is 5.18. The maximum atomic E-state index is 11.2. The molecule has 106 valence electrons. The lowest BCUT2D eigenvalue weighted by Crippen LogP contribution is -2.21. The highest BCUT2D eigenvalue weighted by Crippen LogP contribution is 2.22. The minimum absolute atomic E-state index is 0.0333. The van der Waals surface area contributed by atoms with Crippen molar-refractivity contribution < 1.29 is 18.3 Å². The van der Waals surface area contributed by atoms with Gasteiger partial charge in [-0.05, 0) is 23.6 Å². The molecule has 0 radical (unpaired) electrons. The maximum absolute atomic E-state index is 11.2. The number of carbonyl (C=O) groups is 1. The first kappa shape index (κ1) is 15.5. The molecule has 0 aliphatic heterocycles. The van der Waals surface area contributed by atoms with E-state index in [0.29, 0.717) is 12.2 Å². The zero-order chi connectivity index (χ0) is 14.8. The fraction of sp³-hybridized carbons (Fsp3) is 0.417. The third kappa shape index (κ3) is 4.53. The van der Waals surface area contributed by atoms with E-state index in [9.17, 15) is 13.2 Å². The standard InChI is InChI=1S/C12H18N2O4S/c1-12(2,3)7-14-10-5-4-8(19(13,17)18)6-9(10)11(15)16/h4-6,14H,7H2,1-3H3,(H,15,16)(H2,13,17,18). The molecule has 0 unspecified atom stereocenters. The Bertz CT molecular complexity index is 588. The predicted molar refractivity (Wildman–Crippen MR) is 72.7 cm³/mol. The number of benzene rings is 1. The normalized spacial score (nSPS) is 12.2. The number of carboxylic acid groups (broad SMARTS) is 1. The van der Waals surface area contributed by atoms with Gasteiger partial charge in [-0.1, -0.05) is 20.8 Å².